The second-order valence-corrected chi connectivity index (χ2v) is 5.85. The van der Waals surface area contributed by atoms with E-state index in [9.17, 15) is 9.59 Å². The van der Waals surface area contributed by atoms with Crippen LogP contribution in [-0.2, 0) is 25.5 Å². The van der Waals surface area contributed by atoms with Gasteiger partial charge in [-0.2, -0.15) is 0 Å². The zero-order valence-electron chi connectivity index (χ0n) is 14.7. The minimum Gasteiger partial charge on any atom is -0.421 e. The summed E-state index contributed by atoms with van der Waals surface area (Å²) >= 11 is 0. The van der Waals surface area contributed by atoms with Gasteiger partial charge in [-0.3, -0.25) is 9.59 Å². The van der Waals surface area contributed by atoms with Crippen LogP contribution in [0.1, 0.15) is 30.5 Å². The summed E-state index contributed by atoms with van der Waals surface area (Å²) in [5.41, 5.74) is 3.80. The summed E-state index contributed by atoms with van der Waals surface area (Å²) in [5, 5.41) is 0. The highest BCUT2D eigenvalue weighted by atomic mass is 16.7. The zero-order chi connectivity index (χ0) is 18.2. The maximum absolute atomic E-state index is 11.5. The standard InChI is InChI=1S/C21H22O4/c1-15-8-7-11-19(12-15)14-20(13-18-9-5-4-6-10-18)21(24-16(2)22)25-17(3)23/h4-12,14,21H,13H2,1-3H3. The van der Waals surface area contributed by atoms with Crippen LogP contribution in [0.5, 0.6) is 0 Å². The lowest BCUT2D eigenvalue weighted by Crippen LogP contribution is -2.25. The van der Waals surface area contributed by atoms with E-state index in [0.717, 1.165) is 16.7 Å². The fourth-order valence-electron chi connectivity index (χ4n) is 2.48. The van der Waals surface area contributed by atoms with Crippen molar-refractivity contribution in [3.63, 3.8) is 0 Å². The average molecular weight is 338 g/mol. The molecule has 0 bridgehead atoms. The molecule has 0 spiro atoms. The molecule has 2 aromatic carbocycles. The van der Waals surface area contributed by atoms with Gasteiger partial charge in [0.1, 0.15) is 0 Å². The Kier molecular flexibility index (Phi) is 6.52. The van der Waals surface area contributed by atoms with Crippen molar-refractivity contribution >= 4 is 18.0 Å². The van der Waals surface area contributed by atoms with E-state index in [1.807, 2.05) is 67.6 Å². The minimum absolute atomic E-state index is 0.500. The molecule has 0 aliphatic carbocycles. The first kappa shape index (κ1) is 18.5. The minimum atomic E-state index is -1.05. The van der Waals surface area contributed by atoms with Crippen LogP contribution in [0.25, 0.3) is 6.08 Å². The van der Waals surface area contributed by atoms with Crippen molar-refractivity contribution in [2.75, 3.05) is 0 Å². The molecule has 0 atom stereocenters. The third-order valence-electron chi connectivity index (χ3n) is 3.49. The molecule has 2 rings (SSSR count). The molecule has 0 aromatic heterocycles. The van der Waals surface area contributed by atoms with Crippen LogP contribution in [-0.4, -0.2) is 18.2 Å². The molecule has 0 aliphatic rings. The van der Waals surface area contributed by atoms with Crippen molar-refractivity contribution in [3.05, 3.63) is 76.9 Å². The fraction of sp³-hybridized carbons (Fsp3) is 0.238. The Morgan fingerprint density at radius 2 is 1.60 bits per heavy atom. The van der Waals surface area contributed by atoms with Crippen molar-refractivity contribution in [2.24, 2.45) is 0 Å². The van der Waals surface area contributed by atoms with E-state index in [-0.39, 0.29) is 0 Å². The molecule has 130 valence electrons. The lowest BCUT2D eigenvalue weighted by Gasteiger charge is -2.20. The maximum Gasteiger partial charge on any atom is 0.305 e. The van der Waals surface area contributed by atoms with E-state index in [4.69, 9.17) is 9.47 Å². The molecule has 0 radical (unpaired) electrons. The fourth-order valence-corrected chi connectivity index (χ4v) is 2.48. The summed E-state index contributed by atoms with van der Waals surface area (Å²) in [6.07, 6.45) is 1.35. The van der Waals surface area contributed by atoms with Crippen LogP contribution in [0.4, 0.5) is 0 Å². The van der Waals surface area contributed by atoms with Gasteiger partial charge in [0.15, 0.2) is 0 Å². The van der Waals surface area contributed by atoms with Gasteiger partial charge in [-0.05, 0) is 24.1 Å². The van der Waals surface area contributed by atoms with Crippen molar-refractivity contribution < 1.29 is 19.1 Å². The Hall–Kier alpha value is -2.88. The van der Waals surface area contributed by atoms with E-state index in [1.54, 1.807) is 0 Å². The first-order valence-corrected chi connectivity index (χ1v) is 8.09. The number of carbonyl (C=O) groups excluding carboxylic acids is 2. The number of carbonyl (C=O) groups is 2. The normalized spacial score (nSPS) is 11.3. The largest absolute Gasteiger partial charge is 0.421 e. The topological polar surface area (TPSA) is 52.6 Å². The lowest BCUT2D eigenvalue weighted by atomic mass is 10.0. The molecule has 2 aromatic rings. The molecule has 0 heterocycles. The molecule has 0 amide bonds. The van der Waals surface area contributed by atoms with Crippen LogP contribution in [0.15, 0.2) is 60.2 Å². The SMILES string of the molecule is CC(=O)OC(OC(C)=O)C(=Cc1cccc(C)c1)Cc1ccccc1. The predicted octanol–water partition coefficient (Wildman–Crippen LogP) is 4.07. The molecule has 0 aliphatic heterocycles. The maximum atomic E-state index is 11.5. The Morgan fingerprint density at radius 3 is 2.16 bits per heavy atom. The summed E-state index contributed by atoms with van der Waals surface area (Å²) in [7, 11) is 0. The van der Waals surface area contributed by atoms with E-state index in [2.05, 4.69) is 0 Å². The van der Waals surface area contributed by atoms with Crippen LogP contribution < -0.4 is 0 Å². The van der Waals surface area contributed by atoms with Gasteiger partial charge in [-0.1, -0.05) is 60.2 Å². The van der Waals surface area contributed by atoms with Crippen LogP contribution >= 0.6 is 0 Å². The van der Waals surface area contributed by atoms with E-state index in [1.165, 1.54) is 13.8 Å². The molecule has 4 nitrogen and oxygen atoms in total. The van der Waals surface area contributed by atoms with Gasteiger partial charge < -0.3 is 9.47 Å². The molecular formula is C21H22O4. The number of aryl methyl sites for hydroxylation is 1. The van der Waals surface area contributed by atoms with Crippen molar-refractivity contribution in [1.29, 1.82) is 0 Å². The predicted molar refractivity (Wildman–Crippen MR) is 96.6 cm³/mol. The molecule has 4 heteroatoms. The van der Waals surface area contributed by atoms with Gasteiger partial charge in [0.25, 0.3) is 6.29 Å². The monoisotopic (exact) mass is 338 g/mol. The second-order valence-electron chi connectivity index (χ2n) is 5.85. The van der Waals surface area contributed by atoms with Gasteiger partial charge in [0.05, 0.1) is 0 Å². The number of hydrogen-bond acceptors (Lipinski definition) is 4. The van der Waals surface area contributed by atoms with E-state index >= 15 is 0 Å². The van der Waals surface area contributed by atoms with Gasteiger partial charge in [-0.25, -0.2) is 0 Å². The van der Waals surface area contributed by atoms with Crippen LogP contribution in [0, 0.1) is 6.92 Å². The molecule has 0 N–H and O–H groups in total. The summed E-state index contributed by atoms with van der Waals surface area (Å²) < 4.78 is 10.5. The van der Waals surface area contributed by atoms with Gasteiger partial charge in [-0.15, -0.1) is 0 Å². The summed E-state index contributed by atoms with van der Waals surface area (Å²) in [6, 6.07) is 17.7. The molecular weight excluding hydrogens is 316 g/mol. The number of hydrogen-bond donors (Lipinski definition) is 0. The van der Waals surface area contributed by atoms with Gasteiger partial charge >= 0.3 is 11.9 Å². The molecule has 0 saturated heterocycles. The highest BCUT2D eigenvalue weighted by molar-refractivity contribution is 5.69. The average Bonchev–Trinajstić information content (AvgIpc) is 2.54. The van der Waals surface area contributed by atoms with Crippen molar-refractivity contribution in [2.45, 2.75) is 33.5 Å². The molecule has 25 heavy (non-hydrogen) atoms. The van der Waals surface area contributed by atoms with Gasteiger partial charge in [0.2, 0.25) is 0 Å². The summed E-state index contributed by atoms with van der Waals surface area (Å²) in [6.45, 7) is 4.59. The summed E-state index contributed by atoms with van der Waals surface area (Å²) in [5.74, 6) is -1.01. The molecule has 0 saturated carbocycles. The number of benzene rings is 2. The van der Waals surface area contributed by atoms with Gasteiger partial charge in [0, 0.05) is 25.8 Å². The third-order valence-corrected chi connectivity index (χ3v) is 3.49. The smallest absolute Gasteiger partial charge is 0.305 e. The van der Waals surface area contributed by atoms with E-state index in [0.29, 0.717) is 12.0 Å². The van der Waals surface area contributed by atoms with Crippen molar-refractivity contribution in [3.8, 4) is 0 Å². The highest BCUT2D eigenvalue weighted by Crippen LogP contribution is 2.20. The quantitative estimate of drug-likeness (QED) is 0.588. The first-order chi connectivity index (χ1) is 11.9. The first-order valence-electron chi connectivity index (χ1n) is 8.09. The molecule has 0 fully saturated rings. The Morgan fingerprint density at radius 1 is 0.960 bits per heavy atom. The number of esters is 2. The summed E-state index contributed by atoms with van der Waals surface area (Å²) in [4.78, 5) is 22.9. The Balaban J connectivity index is 2.41. The van der Waals surface area contributed by atoms with Crippen LogP contribution in [0.3, 0.4) is 0 Å². The van der Waals surface area contributed by atoms with E-state index < -0.39 is 18.2 Å². The number of ether oxygens (including phenoxy) is 2. The Bertz CT molecular complexity index is 746. The zero-order valence-corrected chi connectivity index (χ0v) is 14.7. The number of rotatable bonds is 6. The lowest BCUT2D eigenvalue weighted by molar-refractivity contribution is -0.178. The third kappa shape index (κ3) is 6.26. The molecule has 0 unspecified atom stereocenters. The second kappa shape index (κ2) is 8.83. The van der Waals surface area contributed by atoms with Crippen LogP contribution in [0.2, 0.25) is 0 Å². The van der Waals surface area contributed by atoms with Crippen molar-refractivity contribution in [1.82, 2.24) is 0 Å². The Labute approximate surface area is 148 Å². The highest BCUT2D eigenvalue weighted by Gasteiger charge is 2.21.